The maximum Gasteiger partial charge on any atom is 0.148 e. The van der Waals surface area contributed by atoms with Crippen LogP contribution in [0, 0.1) is 31.1 Å². The van der Waals surface area contributed by atoms with Crippen molar-refractivity contribution in [1.29, 1.82) is 0 Å². The molecule has 2 fully saturated rings. The van der Waals surface area contributed by atoms with Crippen LogP contribution in [0.3, 0.4) is 0 Å². The first-order valence-corrected chi connectivity index (χ1v) is 9.20. The highest BCUT2D eigenvalue weighted by atomic mass is 35.5. The molecule has 0 aromatic heterocycles. The van der Waals surface area contributed by atoms with Crippen molar-refractivity contribution in [2.75, 3.05) is 0 Å². The number of hydrogen-bond acceptors (Lipinski definition) is 3. The molecule has 3 rings (SSSR count). The Kier molecular flexibility index (Phi) is 6.32. The second-order valence-corrected chi connectivity index (χ2v) is 7.96. The van der Waals surface area contributed by atoms with E-state index in [0.717, 1.165) is 47.9 Å². The first kappa shape index (κ1) is 20.7. The second-order valence-electron chi connectivity index (χ2n) is 7.96. The third-order valence-electron chi connectivity index (χ3n) is 5.99. The largest absolute Gasteiger partial charge is 0.328 e. The molecule has 0 heterocycles. The Morgan fingerprint density at radius 3 is 2.00 bits per heavy atom. The molecule has 26 heavy (non-hydrogen) atoms. The average molecular weight is 374 g/mol. The summed E-state index contributed by atoms with van der Waals surface area (Å²) >= 11 is 0. The van der Waals surface area contributed by atoms with Crippen LogP contribution in [-0.4, -0.2) is 17.6 Å². The van der Waals surface area contributed by atoms with Gasteiger partial charge in [-0.2, -0.15) is 0 Å². The zero-order chi connectivity index (χ0) is 18.2. The summed E-state index contributed by atoms with van der Waals surface area (Å²) < 4.78 is 0. The van der Waals surface area contributed by atoms with Gasteiger partial charge in [0.15, 0.2) is 0 Å². The third-order valence-corrected chi connectivity index (χ3v) is 5.99. The van der Waals surface area contributed by atoms with Crippen molar-refractivity contribution >= 4 is 24.0 Å². The van der Waals surface area contributed by atoms with Crippen molar-refractivity contribution in [3.63, 3.8) is 0 Å². The molecule has 0 unspecified atom stereocenters. The van der Waals surface area contributed by atoms with E-state index in [4.69, 9.17) is 5.73 Å². The standard InChI is InChI=1S/C22H27NO2.ClH/c1-4-5-16-10-14(2)20(15(3)11-16)21-18(24)12-22(13-19(21)25)8-6-17(23)7-9-22;/h10-11,17,21H,6-9,12-13,23H2,1-3H3;1H. The average Bonchev–Trinajstić information content (AvgIpc) is 2.53. The molecule has 2 saturated carbocycles. The van der Waals surface area contributed by atoms with Crippen molar-refractivity contribution < 1.29 is 9.59 Å². The SMILES string of the molecule is CC#Cc1cc(C)c(C2C(=O)CC3(CCC(N)CC3)CC2=O)c(C)c1.Cl. The number of ketones is 2. The van der Waals surface area contributed by atoms with Gasteiger partial charge in [-0.25, -0.2) is 0 Å². The molecule has 4 heteroatoms. The summed E-state index contributed by atoms with van der Waals surface area (Å²) in [6.45, 7) is 5.77. The van der Waals surface area contributed by atoms with E-state index < -0.39 is 5.92 Å². The van der Waals surface area contributed by atoms with Crippen LogP contribution in [0.2, 0.25) is 0 Å². The summed E-state index contributed by atoms with van der Waals surface area (Å²) in [7, 11) is 0. The van der Waals surface area contributed by atoms with E-state index in [1.165, 1.54) is 0 Å². The quantitative estimate of drug-likeness (QED) is 0.597. The topological polar surface area (TPSA) is 60.2 Å². The molecule has 140 valence electrons. The molecule has 0 amide bonds. The van der Waals surface area contributed by atoms with Crippen LogP contribution in [0.4, 0.5) is 0 Å². The van der Waals surface area contributed by atoms with Crippen LogP contribution in [0.1, 0.15) is 73.6 Å². The van der Waals surface area contributed by atoms with E-state index in [-0.39, 0.29) is 35.4 Å². The maximum absolute atomic E-state index is 13.0. The Bertz CT molecular complexity index is 736. The lowest BCUT2D eigenvalue weighted by atomic mass is 9.60. The monoisotopic (exact) mass is 373 g/mol. The van der Waals surface area contributed by atoms with E-state index in [1.54, 1.807) is 0 Å². The molecular weight excluding hydrogens is 346 g/mol. The molecule has 0 atom stereocenters. The number of nitrogens with two attached hydrogens (primary N) is 1. The number of hydrogen-bond donors (Lipinski definition) is 1. The van der Waals surface area contributed by atoms with E-state index in [0.29, 0.717) is 12.8 Å². The summed E-state index contributed by atoms with van der Waals surface area (Å²) in [6.07, 6.45) is 4.70. The molecule has 1 spiro atoms. The van der Waals surface area contributed by atoms with E-state index >= 15 is 0 Å². The normalized spacial score (nSPS) is 28.3. The zero-order valence-corrected chi connectivity index (χ0v) is 16.7. The molecule has 0 radical (unpaired) electrons. The highest BCUT2D eigenvalue weighted by Crippen LogP contribution is 2.48. The molecule has 1 aromatic rings. The van der Waals surface area contributed by atoms with Gasteiger partial charge in [0.25, 0.3) is 0 Å². The van der Waals surface area contributed by atoms with Crippen molar-refractivity contribution in [2.24, 2.45) is 11.1 Å². The van der Waals surface area contributed by atoms with Gasteiger partial charge >= 0.3 is 0 Å². The summed E-state index contributed by atoms with van der Waals surface area (Å²) in [5, 5.41) is 0. The molecule has 0 saturated heterocycles. The lowest BCUT2D eigenvalue weighted by Gasteiger charge is -2.43. The molecule has 2 aliphatic rings. The highest BCUT2D eigenvalue weighted by molar-refractivity contribution is 6.10. The number of aryl methyl sites for hydroxylation is 2. The predicted molar refractivity (Wildman–Crippen MR) is 107 cm³/mol. The van der Waals surface area contributed by atoms with Gasteiger partial charge in [0.05, 0.1) is 0 Å². The van der Waals surface area contributed by atoms with E-state index in [1.807, 2.05) is 32.9 Å². The highest BCUT2D eigenvalue weighted by Gasteiger charge is 2.47. The summed E-state index contributed by atoms with van der Waals surface area (Å²) in [5.41, 5.74) is 9.71. The lowest BCUT2D eigenvalue weighted by molar-refractivity contribution is -0.137. The fourth-order valence-electron chi connectivity index (χ4n) is 4.76. The van der Waals surface area contributed by atoms with Gasteiger partial charge in [-0.15, -0.1) is 18.3 Å². The fraction of sp³-hybridized carbons (Fsp3) is 0.545. The van der Waals surface area contributed by atoms with Gasteiger partial charge in [-0.3, -0.25) is 9.59 Å². The zero-order valence-electron chi connectivity index (χ0n) is 15.9. The molecular formula is C22H28ClNO2. The smallest absolute Gasteiger partial charge is 0.148 e. The summed E-state index contributed by atoms with van der Waals surface area (Å²) in [5.74, 6) is 5.55. The van der Waals surface area contributed by atoms with Gasteiger partial charge < -0.3 is 5.73 Å². The number of carbonyl (C=O) groups is 2. The molecule has 1 aromatic carbocycles. The summed E-state index contributed by atoms with van der Waals surface area (Å²) in [4.78, 5) is 26.0. The van der Waals surface area contributed by atoms with Crippen molar-refractivity contribution in [1.82, 2.24) is 0 Å². The number of carbonyl (C=O) groups excluding carboxylic acids is 2. The number of rotatable bonds is 1. The molecule has 3 nitrogen and oxygen atoms in total. The lowest BCUT2D eigenvalue weighted by Crippen LogP contribution is -2.43. The number of Topliss-reactive ketones (excluding diaryl/α,β-unsaturated/α-hetero) is 2. The minimum Gasteiger partial charge on any atom is -0.328 e. The van der Waals surface area contributed by atoms with Crippen LogP contribution in [-0.2, 0) is 9.59 Å². The third kappa shape index (κ3) is 3.87. The Balaban J connectivity index is 0.00000243. The van der Waals surface area contributed by atoms with Crippen LogP contribution >= 0.6 is 12.4 Å². The van der Waals surface area contributed by atoms with Crippen LogP contribution in [0.15, 0.2) is 12.1 Å². The Morgan fingerprint density at radius 1 is 1.04 bits per heavy atom. The summed E-state index contributed by atoms with van der Waals surface area (Å²) in [6, 6.07) is 4.21. The Morgan fingerprint density at radius 2 is 1.54 bits per heavy atom. The first-order chi connectivity index (χ1) is 11.8. The van der Waals surface area contributed by atoms with Crippen molar-refractivity contribution in [2.45, 2.75) is 71.3 Å². The Hall–Kier alpha value is -1.63. The van der Waals surface area contributed by atoms with Crippen LogP contribution in [0.25, 0.3) is 0 Å². The predicted octanol–water partition coefficient (Wildman–Crippen LogP) is 4.00. The van der Waals surface area contributed by atoms with Crippen molar-refractivity contribution in [3.05, 3.63) is 34.4 Å². The fourth-order valence-corrected chi connectivity index (χ4v) is 4.76. The van der Waals surface area contributed by atoms with Gasteiger partial charge in [0.2, 0.25) is 0 Å². The van der Waals surface area contributed by atoms with Crippen LogP contribution < -0.4 is 5.73 Å². The van der Waals surface area contributed by atoms with Gasteiger partial charge in [0, 0.05) is 24.4 Å². The second kappa shape index (κ2) is 7.94. The maximum atomic E-state index is 13.0. The van der Waals surface area contributed by atoms with Gasteiger partial charge in [0.1, 0.15) is 17.5 Å². The molecule has 0 aliphatic heterocycles. The molecule has 2 N–H and O–H groups in total. The van der Waals surface area contributed by atoms with Crippen molar-refractivity contribution in [3.8, 4) is 11.8 Å². The number of halogens is 1. The first-order valence-electron chi connectivity index (χ1n) is 9.20. The molecule has 0 bridgehead atoms. The molecule has 2 aliphatic carbocycles. The Labute approximate surface area is 162 Å². The minimum absolute atomic E-state index is 0. The van der Waals surface area contributed by atoms with E-state index in [9.17, 15) is 9.59 Å². The van der Waals surface area contributed by atoms with Crippen LogP contribution in [0.5, 0.6) is 0 Å². The van der Waals surface area contributed by atoms with Gasteiger partial charge in [-0.05, 0) is 80.7 Å². The van der Waals surface area contributed by atoms with Gasteiger partial charge in [-0.1, -0.05) is 5.92 Å². The van der Waals surface area contributed by atoms with E-state index in [2.05, 4.69) is 11.8 Å². The minimum atomic E-state index is -0.593. The number of benzene rings is 1.